The monoisotopic (exact) mass is 776 g/mol. The number of benzene rings is 9. The molecule has 0 saturated heterocycles. The largest absolute Gasteiger partial charge is 0.456 e. The van der Waals surface area contributed by atoms with Gasteiger partial charge in [-0.1, -0.05) is 127 Å². The van der Waals surface area contributed by atoms with Gasteiger partial charge in [-0.3, -0.25) is 0 Å². The first-order valence-corrected chi connectivity index (χ1v) is 21.1. The number of hydrogen-bond donors (Lipinski definition) is 0. The van der Waals surface area contributed by atoms with Gasteiger partial charge in [0, 0.05) is 48.2 Å². The second-order valence-electron chi connectivity index (χ2n) is 14.7. The molecular weight excluding hydrogens is 745 g/mol. The highest BCUT2D eigenvalue weighted by Crippen LogP contribution is 2.43. The molecule has 0 saturated carbocycles. The van der Waals surface area contributed by atoms with Gasteiger partial charge in [-0.05, 0) is 99.8 Å². The molecule has 0 radical (unpaired) electrons. The molecule has 58 heavy (non-hydrogen) atoms. The molecular formula is C53H32N2OS2. The number of thiophene rings is 1. The zero-order valence-electron chi connectivity index (χ0n) is 31.1. The number of hydrogen-bond acceptors (Lipinski definition) is 5. The number of fused-ring (bicyclic) bond motifs is 9. The molecule has 0 spiro atoms. The number of furan rings is 1. The Morgan fingerprint density at radius 3 is 1.91 bits per heavy atom. The molecule has 9 aromatic carbocycles. The van der Waals surface area contributed by atoms with E-state index in [4.69, 9.17) is 9.40 Å². The molecule has 272 valence electrons. The highest BCUT2D eigenvalue weighted by atomic mass is 32.1. The van der Waals surface area contributed by atoms with E-state index in [0.717, 1.165) is 70.9 Å². The number of rotatable bonds is 6. The summed E-state index contributed by atoms with van der Waals surface area (Å²) in [6, 6.07) is 69.8. The number of thiazole rings is 1. The van der Waals surface area contributed by atoms with Gasteiger partial charge in [-0.15, -0.1) is 22.7 Å². The maximum absolute atomic E-state index is 6.49. The van der Waals surface area contributed by atoms with Crippen molar-refractivity contribution in [3.8, 4) is 32.8 Å². The van der Waals surface area contributed by atoms with Crippen LogP contribution >= 0.6 is 22.7 Å². The van der Waals surface area contributed by atoms with Gasteiger partial charge in [0.05, 0.1) is 15.6 Å². The summed E-state index contributed by atoms with van der Waals surface area (Å²) in [7, 11) is 0. The van der Waals surface area contributed by atoms with Crippen molar-refractivity contribution in [3.63, 3.8) is 0 Å². The minimum absolute atomic E-state index is 0.859. The highest BCUT2D eigenvalue weighted by Gasteiger charge is 2.18. The normalized spacial score (nSPS) is 11.8. The van der Waals surface area contributed by atoms with E-state index in [1.54, 1.807) is 11.3 Å². The molecule has 0 fully saturated rings. The van der Waals surface area contributed by atoms with Crippen LogP contribution in [0, 0.1) is 0 Å². The van der Waals surface area contributed by atoms with Crippen LogP contribution < -0.4 is 4.90 Å². The molecule has 0 bridgehead atoms. The molecule has 3 nitrogen and oxygen atoms in total. The highest BCUT2D eigenvalue weighted by molar-refractivity contribution is 7.25. The van der Waals surface area contributed by atoms with Gasteiger partial charge >= 0.3 is 0 Å². The molecule has 3 aromatic heterocycles. The van der Waals surface area contributed by atoms with Crippen LogP contribution in [0.1, 0.15) is 0 Å². The van der Waals surface area contributed by atoms with E-state index in [-0.39, 0.29) is 0 Å². The second kappa shape index (κ2) is 13.3. The molecule has 12 rings (SSSR count). The van der Waals surface area contributed by atoms with Crippen LogP contribution in [0.5, 0.6) is 0 Å². The van der Waals surface area contributed by atoms with Crippen molar-refractivity contribution in [2.24, 2.45) is 0 Å². The molecule has 12 aromatic rings. The van der Waals surface area contributed by atoms with Gasteiger partial charge in [-0.25, -0.2) is 4.98 Å². The van der Waals surface area contributed by atoms with Crippen molar-refractivity contribution in [1.29, 1.82) is 0 Å². The van der Waals surface area contributed by atoms with E-state index >= 15 is 0 Å². The fraction of sp³-hybridized carbons (Fsp3) is 0. The van der Waals surface area contributed by atoms with E-state index in [1.165, 1.54) is 42.1 Å². The van der Waals surface area contributed by atoms with Crippen LogP contribution in [-0.4, -0.2) is 4.98 Å². The Bertz CT molecular complexity index is 3500. The summed E-state index contributed by atoms with van der Waals surface area (Å²) in [6.07, 6.45) is 0. The molecule has 0 unspecified atom stereocenters. The Kier molecular flexibility index (Phi) is 7.58. The third-order valence-corrected chi connectivity index (χ3v) is 13.5. The minimum Gasteiger partial charge on any atom is -0.456 e. The Labute approximate surface area is 342 Å². The standard InChI is InChI=1S/C53H32N2OS2/c1-2-10-36(11-3-1)53-54-52-49(58-53)30-29-46-51(52)45-27-21-37(31-47(45)56-46)33-17-22-38(23-18-33)55(40-26-28-44-43-14-6-7-16-48(43)57-50(44)32-40)39-24-19-35(20-25-39)42-15-8-12-34-9-4-5-13-41(34)42/h1-32H. The zero-order valence-corrected chi connectivity index (χ0v) is 32.7. The average Bonchev–Trinajstić information content (AvgIpc) is 4.00. The van der Waals surface area contributed by atoms with Gasteiger partial charge < -0.3 is 9.32 Å². The third kappa shape index (κ3) is 5.43. The lowest BCUT2D eigenvalue weighted by Gasteiger charge is -2.26. The topological polar surface area (TPSA) is 29.3 Å². The summed E-state index contributed by atoms with van der Waals surface area (Å²) < 4.78 is 10.2. The Hall–Kier alpha value is -7.05. The third-order valence-electron chi connectivity index (χ3n) is 11.3. The molecule has 3 heterocycles. The van der Waals surface area contributed by atoms with Crippen molar-refractivity contribution in [3.05, 3.63) is 194 Å². The molecule has 0 N–H and O–H groups in total. The maximum Gasteiger partial charge on any atom is 0.137 e. The minimum atomic E-state index is 0.859. The Balaban J connectivity index is 0.932. The summed E-state index contributed by atoms with van der Waals surface area (Å²) in [6.45, 7) is 0. The predicted octanol–water partition coefficient (Wildman–Crippen LogP) is 16.2. The number of nitrogens with zero attached hydrogens (tertiary/aromatic N) is 2. The van der Waals surface area contributed by atoms with E-state index < -0.39 is 0 Å². The maximum atomic E-state index is 6.49. The lowest BCUT2D eigenvalue weighted by molar-refractivity contribution is 0.669. The first-order chi connectivity index (χ1) is 28.7. The molecule has 0 aliphatic rings. The van der Waals surface area contributed by atoms with Crippen LogP contribution in [0.3, 0.4) is 0 Å². The smallest absolute Gasteiger partial charge is 0.137 e. The van der Waals surface area contributed by atoms with Crippen LogP contribution in [0.25, 0.3) is 95.9 Å². The summed E-state index contributed by atoms with van der Waals surface area (Å²) in [4.78, 5) is 7.47. The first kappa shape index (κ1) is 33.1. The molecule has 0 aliphatic carbocycles. The van der Waals surface area contributed by atoms with E-state index in [0.29, 0.717) is 0 Å². The molecule has 0 aliphatic heterocycles. The van der Waals surface area contributed by atoms with Gasteiger partial charge in [0.25, 0.3) is 0 Å². The average molecular weight is 777 g/mol. The van der Waals surface area contributed by atoms with Gasteiger partial charge in [-0.2, -0.15) is 0 Å². The van der Waals surface area contributed by atoms with E-state index in [9.17, 15) is 0 Å². The Morgan fingerprint density at radius 2 is 1.07 bits per heavy atom. The quantitative estimate of drug-likeness (QED) is 0.168. The Morgan fingerprint density at radius 1 is 0.397 bits per heavy atom. The second-order valence-corrected chi connectivity index (χ2v) is 16.8. The van der Waals surface area contributed by atoms with E-state index in [2.05, 4.69) is 193 Å². The summed E-state index contributed by atoms with van der Waals surface area (Å²) >= 11 is 3.57. The summed E-state index contributed by atoms with van der Waals surface area (Å²) in [5, 5.41) is 8.28. The van der Waals surface area contributed by atoms with Crippen LogP contribution in [0.2, 0.25) is 0 Å². The van der Waals surface area contributed by atoms with Crippen LogP contribution in [0.15, 0.2) is 199 Å². The molecule has 0 amide bonds. The fourth-order valence-electron chi connectivity index (χ4n) is 8.51. The number of aromatic nitrogens is 1. The van der Waals surface area contributed by atoms with Gasteiger partial charge in [0.15, 0.2) is 0 Å². The lowest BCUT2D eigenvalue weighted by atomic mass is 9.98. The van der Waals surface area contributed by atoms with Crippen molar-refractivity contribution in [1.82, 2.24) is 4.98 Å². The summed E-state index contributed by atoms with van der Waals surface area (Å²) in [5.41, 5.74) is 11.8. The predicted molar refractivity (Wildman–Crippen MR) is 248 cm³/mol. The summed E-state index contributed by atoms with van der Waals surface area (Å²) in [5.74, 6) is 0. The van der Waals surface area contributed by atoms with Crippen molar-refractivity contribution >= 4 is 103 Å². The molecule has 0 atom stereocenters. The van der Waals surface area contributed by atoms with E-state index in [1.807, 2.05) is 17.4 Å². The zero-order chi connectivity index (χ0) is 38.2. The van der Waals surface area contributed by atoms with Crippen LogP contribution in [0.4, 0.5) is 17.1 Å². The van der Waals surface area contributed by atoms with Gasteiger partial charge in [0.1, 0.15) is 16.2 Å². The van der Waals surface area contributed by atoms with Crippen molar-refractivity contribution in [2.75, 3.05) is 4.90 Å². The van der Waals surface area contributed by atoms with Crippen molar-refractivity contribution < 1.29 is 4.42 Å². The van der Waals surface area contributed by atoms with Gasteiger partial charge in [0.2, 0.25) is 0 Å². The van der Waals surface area contributed by atoms with Crippen molar-refractivity contribution in [2.45, 2.75) is 0 Å². The number of anilines is 3. The fourth-order valence-corrected chi connectivity index (χ4v) is 10.6. The lowest BCUT2D eigenvalue weighted by Crippen LogP contribution is -2.09. The first-order valence-electron chi connectivity index (χ1n) is 19.4. The molecule has 5 heteroatoms. The van der Waals surface area contributed by atoms with Crippen LogP contribution in [-0.2, 0) is 0 Å². The SMILES string of the molecule is c1ccc(-c2nc3c(ccc4oc5cc(-c6ccc(N(c7ccc(-c8cccc9ccccc89)cc7)c7ccc8c(c7)sc7ccccc78)cc6)ccc5c43)s2)cc1.